The van der Waals surface area contributed by atoms with Crippen LogP contribution in [0.1, 0.15) is 39.1 Å². The third-order valence-corrected chi connectivity index (χ3v) is 5.06. The molecule has 1 aliphatic rings. The smallest absolute Gasteiger partial charge is 0.255 e. The van der Waals surface area contributed by atoms with Crippen LogP contribution in [0.25, 0.3) is 0 Å². The van der Waals surface area contributed by atoms with Crippen LogP contribution in [0.5, 0.6) is 0 Å². The zero-order chi connectivity index (χ0) is 21.6. The molecule has 4 rings (SSSR count). The lowest BCUT2D eigenvalue weighted by Gasteiger charge is -2.09. The Morgan fingerprint density at radius 1 is 0.677 bits per heavy atom. The SMILES string of the molecule is O=C(NCc1ccc(NC(=O)C2CC2)cc1)c1ccc(NC(=O)c2ccccc2)cc1. The third kappa shape index (κ3) is 5.57. The summed E-state index contributed by atoms with van der Waals surface area (Å²) in [4.78, 5) is 36.4. The van der Waals surface area contributed by atoms with Crippen LogP contribution in [0.3, 0.4) is 0 Å². The first-order valence-corrected chi connectivity index (χ1v) is 10.2. The number of hydrogen-bond donors (Lipinski definition) is 3. The van der Waals surface area contributed by atoms with Crippen molar-refractivity contribution in [3.05, 3.63) is 95.6 Å². The van der Waals surface area contributed by atoms with Crippen LogP contribution in [0.2, 0.25) is 0 Å². The standard InChI is InChI=1S/C25H23N3O3/c29-23(26-16-17-6-12-21(13-7-17)27-25(31)20-8-9-20)19-10-14-22(15-11-19)28-24(30)18-4-2-1-3-5-18/h1-7,10-15,20H,8-9,16H2,(H,26,29)(H,27,31)(H,28,30). The Balaban J connectivity index is 1.27. The summed E-state index contributed by atoms with van der Waals surface area (Å²) in [6.07, 6.45) is 1.94. The largest absolute Gasteiger partial charge is 0.348 e. The molecule has 3 aromatic rings. The van der Waals surface area contributed by atoms with Gasteiger partial charge in [-0.25, -0.2) is 0 Å². The molecule has 31 heavy (non-hydrogen) atoms. The van der Waals surface area contributed by atoms with Gasteiger partial charge in [-0.15, -0.1) is 0 Å². The summed E-state index contributed by atoms with van der Waals surface area (Å²) >= 11 is 0. The number of anilines is 2. The maximum absolute atomic E-state index is 12.4. The second-order valence-electron chi connectivity index (χ2n) is 7.54. The Morgan fingerprint density at radius 2 is 1.26 bits per heavy atom. The summed E-state index contributed by atoms with van der Waals surface area (Å²) in [7, 11) is 0. The number of carbonyl (C=O) groups excluding carboxylic acids is 3. The van der Waals surface area contributed by atoms with Crippen molar-refractivity contribution < 1.29 is 14.4 Å². The first-order chi connectivity index (χ1) is 15.1. The minimum Gasteiger partial charge on any atom is -0.348 e. The molecule has 0 heterocycles. The van der Waals surface area contributed by atoms with Crippen molar-refractivity contribution in [1.82, 2.24) is 5.32 Å². The van der Waals surface area contributed by atoms with Gasteiger partial charge in [-0.1, -0.05) is 30.3 Å². The predicted molar refractivity (Wildman–Crippen MR) is 120 cm³/mol. The van der Waals surface area contributed by atoms with E-state index >= 15 is 0 Å². The second-order valence-corrected chi connectivity index (χ2v) is 7.54. The van der Waals surface area contributed by atoms with Crippen molar-refractivity contribution in [2.45, 2.75) is 19.4 Å². The molecule has 6 heteroatoms. The first kappa shape index (κ1) is 20.3. The number of amides is 3. The van der Waals surface area contributed by atoms with E-state index in [4.69, 9.17) is 0 Å². The van der Waals surface area contributed by atoms with E-state index in [2.05, 4.69) is 16.0 Å². The number of rotatable bonds is 7. The van der Waals surface area contributed by atoms with Crippen molar-refractivity contribution in [3.8, 4) is 0 Å². The van der Waals surface area contributed by atoms with E-state index in [0.29, 0.717) is 23.4 Å². The van der Waals surface area contributed by atoms with E-state index in [9.17, 15) is 14.4 Å². The summed E-state index contributed by atoms with van der Waals surface area (Å²) in [6, 6.07) is 23.1. The van der Waals surface area contributed by atoms with Crippen molar-refractivity contribution in [2.24, 2.45) is 5.92 Å². The van der Waals surface area contributed by atoms with Gasteiger partial charge in [0, 0.05) is 35.0 Å². The van der Waals surface area contributed by atoms with Crippen LogP contribution < -0.4 is 16.0 Å². The molecule has 0 saturated heterocycles. The molecule has 3 amide bonds. The van der Waals surface area contributed by atoms with Crippen LogP contribution >= 0.6 is 0 Å². The van der Waals surface area contributed by atoms with Crippen molar-refractivity contribution in [2.75, 3.05) is 10.6 Å². The average Bonchev–Trinajstić information content (AvgIpc) is 3.65. The van der Waals surface area contributed by atoms with Gasteiger partial charge in [-0.3, -0.25) is 14.4 Å². The fraction of sp³-hybridized carbons (Fsp3) is 0.160. The van der Waals surface area contributed by atoms with Crippen LogP contribution in [0.4, 0.5) is 11.4 Å². The summed E-state index contributed by atoms with van der Waals surface area (Å²) in [5.74, 6) is -0.164. The molecule has 0 radical (unpaired) electrons. The molecule has 1 saturated carbocycles. The van der Waals surface area contributed by atoms with E-state index in [-0.39, 0.29) is 23.6 Å². The molecule has 0 unspecified atom stereocenters. The molecule has 1 fully saturated rings. The Hall–Kier alpha value is -3.93. The number of nitrogens with one attached hydrogen (secondary N) is 3. The van der Waals surface area contributed by atoms with Crippen molar-refractivity contribution in [1.29, 1.82) is 0 Å². The first-order valence-electron chi connectivity index (χ1n) is 10.2. The lowest BCUT2D eigenvalue weighted by molar-refractivity contribution is -0.117. The third-order valence-electron chi connectivity index (χ3n) is 5.06. The van der Waals surface area contributed by atoms with Gasteiger partial charge in [-0.2, -0.15) is 0 Å². The van der Waals surface area contributed by atoms with Gasteiger partial charge < -0.3 is 16.0 Å². The topological polar surface area (TPSA) is 87.3 Å². The highest BCUT2D eigenvalue weighted by molar-refractivity contribution is 6.04. The van der Waals surface area contributed by atoms with Gasteiger partial charge in [0.15, 0.2) is 0 Å². The monoisotopic (exact) mass is 413 g/mol. The van der Waals surface area contributed by atoms with Gasteiger partial charge in [0.1, 0.15) is 0 Å². The normalized spacial score (nSPS) is 12.6. The van der Waals surface area contributed by atoms with Crippen molar-refractivity contribution in [3.63, 3.8) is 0 Å². The maximum Gasteiger partial charge on any atom is 0.255 e. The molecule has 156 valence electrons. The molecular weight excluding hydrogens is 390 g/mol. The van der Waals surface area contributed by atoms with E-state index in [0.717, 1.165) is 24.1 Å². The molecule has 1 aliphatic carbocycles. The summed E-state index contributed by atoms with van der Waals surface area (Å²) < 4.78 is 0. The molecule has 3 aromatic carbocycles. The average molecular weight is 413 g/mol. The molecule has 0 aromatic heterocycles. The molecule has 0 bridgehead atoms. The molecule has 0 atom stereocenters. The predicted octanol–water partition coefficient (Wildman–Crippen LogP) is 4.22. The van der Waals surface area contributed by atoms with E-state index in [1.54, 1.807) is 48.5 Å². The minimum atomic E-state index is -0.202. The van der Waals surface area contributed by atoms with Crippen LogP contribution in [0, 0.1) is 5.92 Å². The number of benzene rings is 3. The quantitative estimate of drug-likeness (QED) is 0.542. The van der Waals surface area contributed by atoms with Gasteiger partial charge >= 0.3 is 0 Å². The van der Waals surface area contributed by atoms with Crippen molar-refractivity contribution >= 4 is 29.1 Å². The lowest BCUT2D eigenvalue weighted by Crippen LogP contribution is -2.22. The molecule has 0 spiro atoms. The lowest BCUT2D eigenvalue weighted by atomic mass is 10.1. The Bertz CT molecular complexity index is 1070. The number of carbonyl (C=O) groups is 3. The maximum atomic E-state index is 12.4. The number of hydrogen-bond acceptors (Lipinski definition) is 3. The molecular formula is C25H23N3O3. The minimum absolute atomic E-state index is 0.0736. The van der Waals surface area contributed by atoms with Crippen LogP contribution in [-0.4, -0.2) is 17.7 Å². The highest BCUT2D eigenvalue weighted by atomic mass is 16.2. The summed E-state index contributed by atoms with van der Waals surface area (Å²) in [5, 5.41) is 8.58. The zero-order valence-electron chi connectivity index (χ0n) is 16.9. The fourth-order valence-corrected chi connectivity index (χ4v) is 3.08. The van der Waals surface area contributed by atoms with Gasteiger partial charge in [0.2, 0.25) is 5.91 Å². The Kier molecular flexibility index (Phi) is 6.08. The zero-order valence-corrected chi connectivity index (χ0v) is 16.9. The second kappa shape index (κ2) is 9.26. The van der Waals surface area contributed by atoms with E-state index in [1.165, 1.54) is 0 Å². The fourth-order valence-electron chi connectivity index (χ4n) is 3.08. The van der Waals surface area contributed by atoms with Gasteiger partial charge in [0.25, 0.3) is 11.8 Å². The van der Waals surface area contributed by atoms with Gasteiger partial charge in [0.05, 0.1) is 0 Å². The van der Waals surface area contributed by atoms with Crippen LogP contribution in [-0.2, 0) is 11.3 Å². The molecule has 0 aliphatic heterocycles. The highest BCUT2D eigenvalue weighted by Gasteiger charge is 2.29. The Morgan fingerprint density at radius 3 is 1.90 bits per heavy atom. The highest BCUT2D eigenvalue weighted by Crippen LogP contribution is 2.30. The van der Waals surface area contributed by atoms with E-state index in [1.807, 2.05) is 30.3 Å². The summed E-state index contributed by atoms with van der Waals surface area (Å²) in [6.45, 7) is 0.377. The molecule has 3 N–H and O–H groups in total. The molecule has 6 nitrogen and oxygen atoms in total. The van der Waals surface area contributed by atoms with E-state index < -0.39 is 0 Å². The summed E-state index contributed by atoms with van der Waals surface area (Å²) in [5.41, 5.74) is 3.40. The van der Waals surface area contributed by atoms with Gasteiger partial charge in [-0.05, 0) is 66.9 Å². The van der Waals surface area contributed by atoms with Crippen LogP contribution in [0.15, 0.2) is 78.9 Å². The Labute approximate surface area is 180 Å².